The minimum Gasteiger partial charge on any atom is -0.329 e. The molecule has 5 nitrogen and oxygen atoms in total. The van der Waals surface area contributed by atoms with Crippen LogP contribution in [0.4, 0.5) is 4.39 Å². The van der Waals surface area contributed by atoms with Crippen molar-refractivity contribution in [3.05, 3.63) is 47.2 Å². The van der Waals surface area contributed by atoms with Crippen molar-refractivity contribution in [2.45, 2.75) is 101 Å². The van der Waals surface area contributed by atoms with Crippen LogP contribution < -0.4 is 10.6 Å². The van der Waals surface area contributed by atoms with E-state index in [2.05, 4.69) is 29.3 Å². The Morgan fingerprint density at radius 3 is 2.58 bits per heavy atom. The van der Waals surface area contributed by atoms with E-state index in [1.54, 1.807) is 4.90 Å². The van der Waals surface area contributed by atoms with Crippen LogP contribution >= 0.6 is 0 Å². The Labute approximate surface area is 196 Å². The van der Waals surface area contributed by atoms with Crippen LogP contribution in [0.25, 0.3) is 0 Å². The standard InChI is InChI=1S/C27H36FN3O2/c1-17-10-13-25(26(32)29-17)31-16-20-15-18(11-12-21(20)27(31)33)14-19-6-2-4-8-23(19)30-24-9-5-3-7-22(24)28/h11-12,15,19,22-25,30H,1-10,13-14,16H2,(H,29,32)/t19-,22+,23+,24-,25?/m1/s1. The van der Waals surface area contributed by atoms with Crippen molar-refractivity contribution in [1.29, 1.82) is 0 Å². The molecule has 2 saturated carbocycles. The molecule has 2 N–H and O–H groups in total. The number of carbonyl (C=O) groups excluding carboxylic acids is 2. The average Bonchev–Trinajstić information content (AvgIpc) is 3.12. The lowest BCUT2D eigenvalue weighted by Gasteiger charge is -2.37. The highest BCUT2D eigenvalue weighted by atomic mass is 19.1. The van der Waals surface area contributed by atoms with Crippen LogP contribution in [0.15, 0.2) is 30.5 Å². The molecule has 1 saturated heterocycles. The fourth-order valence-electron chi connectivity index (χ4n) is 6.36. The molecule has 1 aromatic rings. The van der Waals surface area contributed by atoms with Crippen molar-refractivity contribution in [1.82, 2.24) is 15.5 Å². The molecule has 178 valence electrons. The van der Waals surface area contributed by atoms with E-state index in [0.717, 1.165) is 55.3 Å². The van der Waals surface area contributed by atoms with E-state index >= 15 is 0 Å². The second-order valence-corrected chi connectivity index (χ2v) is 10.5. The zero-order chi connectivity index (χ0) is 22.9. The lowest BCUT2D eigenvalue weighted by Crippen LogP contribution is -2.49. The summed E-state index contributed by atoms with van der Waals surface area (Å²) in [4.78, 5) is 27.2. The topological polar surface area (TPSA) is 61.4 Å². The molecule has 0 radical (unpaired) electrons. The molecule has 33 heavy (non-hydrogen) atoms. The van der Waals surface area contributed by atoms with Gasteiger partial charge in [0.1, 0.15) is 12.2 Å². The SMILES string of the molecule is C=C1CCC(N2Cc3cc(C[C@H]4CCCC[C@@H]4N[C@@H]4CCCC[C@@H]4F)ccc3C2=O)C(=O)N1. The maximum atomic E-state index is 14.5. The summed E-state index contributed by atoms with van der Waals surface area (Å²) in [6.07, 6.45) is 10.1. The normalized spacial score (nSPS) is 32.6. The molecule has 2 aliphatic heterocycles. The number of piperidine rings is 1. The van der Waals surface area contributed by atoms with Crippen LogP contribution in [-0.4, -0.2) is 41.0 Å². The lowest BCUT2D eigenvalue weighted by molar-refractivity contribution is -0.126. The molecule has 0 spiro atoms. The maximum absolute atomic E-state index is 14.5. The second kappa shape index (κ2) is 9.57. The minimum atomic E-state index is -0.715. The summed E-state index contributed by atoms with van der Waals surface area (Å²) in [5, 5.41) is 6.51. The maximum Gasteiger partial charge on any atom is 0.255 e. The first-order valence-electron chi connectivity index (χ1n) is 12.8. The number of rotatable bonds is 5. The Morgan fingerprint density at radius 2 is 1.79 bits per heavy atom. The van der Waals surface area contributed by atoms with Crippen molar-refractivity contribution in [3.8, 4) is 0 Å². The molecule has 5 atom stereocenters. The molecule has 5 rings (SSSR count). The fourth-order valence-corrected chi connectivity index (χ4v) is 6.36. The summed E-state index contributed by atoms with van der Waals surface area (Å²) in [5.41, 5.74) is 3.71. The molecule has 2 amide bonds. The number of hydrogen-bond acceptors (Lipinski definition) is 3. The molecule has 0 bridgehead atoms. The number of alkyl halides is 1. The Bertz CT molecular complexity index is 932. The lowest BCUT2D eigenvalue weighted by atomic mass is 9.79. The zero-order valence-electron chi connectivity index (χ0n) is 19.5. The molecule has 0 aromatic heterocycles. The van der Waals surface area contributed by atoms with Gasteiger partial charge >= 0.3 is 0 Å². The largest absolute Gasteiger partial charge is 0.329 e. The van der Waals surface area contributed by atoms with Gasteiger partial charge in [-0.25, -0.2) is 4.39 Å². The number of benzene rings is 1. The molecular formula is C27H36FN3O2. The van der Waals surface area contributed by atoms with Crippen molar-refractivity contribution in [2.75, 3.05) is 0 Å². The van der Waals surface area contributed by atoms with E-state index in [4.69, 9.17) is 0 Å². The minimum absolute atomic E-state index is 0.00766. The molecule has 4 aliphatic rings. The summed E-state index contributed by atoms with van der Waals surface area (Å²) in [7, 11) is 0. The van der Waals surface area contributed by atoms with E-state index in [9.17, 15) is 14.0 Å². The number of nitrogens with zero attached hydrogens (tertiary/aromatic N) is 1. The Kier molecular flexibility index (Phi) is 6.55. The third-order valence-electron chi connectivity index (χ3n) is 8.22. The summed E-state index contributed by atoms with van der Waals surface area (Å²) >= 11 is 0. The summed E-state index contributed by atoms with van der Waals surface area (Å²) in [6.45, 7) is 4.33. The van der Waals surface area contributed by atoms with Gasteiger partial charge in [0.15, 0.2) is 0 Å². The molecule has 2 heterocycles. The summed E-state index contributed by atoms with van der Waals surface area (Å²) < 4.78 is 14.5. The van der Waals surface area contributed by atoms with Crippen LogP contribution in [0.1, 0.15) is 85.7 Å². The number of carbonyl (C=O) groups is 2. The van der Waals surface area contributed by atoms with Crippen LogP contribution in [0.2, 0.25) is 0 Å². The fraction of sp³-hybridized carbons (Fsp3) is 0.630. The molecule has 2 aliphatic carbocycles. The van der Waals surface area contributed by atoms with Gasteiger partial charge in [-0.05, 0) is 68.1 Å². The number of fused-ring (bicyclic) bond motifs is 1. The predicted octanol–water partition coefficient (Wildman–Crippen LogP) is 4.41. The van der Waals surface area contributed by atoms with Crippen molar-refractivity contribution < 1.29 is 14.0 Å². The molecular weight excluding hydrogens is 417 g/mol. The van der Waals surface area contributed by atoms with Gasteiger partial charge in [-0.3, -0.25) is 9.59 Å². The third-order valence-corrected chi connectivity index (χ3v) is 8.22. The van der Waals surface area contributed by atoms with Gasteiger partial charge in [-0.2, -0.15) is 0 Å². The quantitative estimate of drug-likeness (QED) is 0.694. The van der Waals surface area contributed by atoms with Crippen molar-refractivity contribution in [2.24, 2.45) is 5.92 Å². The van der Waals surface area contributed by atoms with Crippen LogP contribution in [0.5, 0.6) is 0 Å². The second-order valence-electron chi connectivity index (χ2n) is 10.5. The van der Waals surface area contributed by atoms with Gasteiger partial charge in [0.2, 0.25) is 5.91 Å². The number of hydrogen-bond donors (Lipinski definition) is 2. The highest BCUT2D eigenvalue weighted by Crippen LogP contribution is 2.33. The highest BCUT2D eigenvalue weighted by Gasteiger charge is 2.38. The van der Waals surface area contributed by atoms with Gasteiger partial charge in [0.25, 0.3) is 5.91 Å². The van der Waals surface area contributed by atoms with E-state index in [1.165, 1.54) is 18.4 Å². The van der Waals surface area contributed by atoms with Crippen LogP contribution in [0, 0.1) is 5.92 Å². The first-order chi connectivity index (χ1) is 16.0. The smallest absolute Gasteiger partial charge is 0.255 e. The van der Waals surface area contributed by atoms with E-state index in [0.29, 0.717) is 37.8 Å². The number of halogens is 1. The average molecular weight is 454 g/mol. The van der Waals surface area contributed by atoms with Gasteiger partial charge in [0, 0.05) is 29.9 Å². The monoisotopic (exact) mass is 453 g/mol. The highest BCUT2D eigenvalue weighted by molar-refractivity contribution is 6.01. The predicted molar refractivity (Wildman–Crippen MR) is 126 cm³/mol. The number of amides is 2. The van der Waals surface area contributed by atoms with E-state index in [1.807, 2.05) is 6.07 Å². The number of nitrogens with one attached hydrogen (secondary N) is 2. The van der Waals surface area contributed by atoms with Crippen molar-refractivity contribution >= 4 is 11.8 Å². The van der Waals surface area contributed by atoms with Gasteiger partial charge < -0.3 is 15.5 Å². The first kappa shape index (κ1) is 22.6. The Balaban J connectivity index is 1.26. The Morgan fingerprint density at radius 1 is 1.03 bits per heavy atom. The van der Waals surface area contributed by atoms with Gasteiger partial charge in [-0.1, -0.05) is 44.4 Å². The van der Waals surface area contributed by atoms with Crippen LogP contribution in [-0.2, 0) is 17.8 Å². The first-order valence-corrected chi connectivity index (χ1v) is 12.8. The molecule has 1 aromatic carbocycles. The van der Waals surface area contributed by atoms with E-state index < -0.39 is 12.2 Å². The van der Waals surface area contributed by atoms with Crippen LogP contribution in [0.3, 0.4) is 0 Å². The molecule has 6 heteroatoms. The number of allylic oxidation sites excluding steroid dienone is 1. The van der Waals surface area contributed by atoms with Gasteiger partial charge in [-0.15, -0.1) is 0 Å². The summed E-state index contributed by atoms with van der Waals surface area (Å²) in [5.74, 6) is 0.319. The van der Waals surface area contributed by atoms with Gasteiger partial charge in [0.05, 0.1) is 0 Å². The van der Waals surface area contributed by atoms with E-state index in [-0.39, 0.29) is 17.9 Å². The summed E-state index contributed by atoms with van der Waals surface area (Å²) in [6, 6.07) is 6.13. The Hall–Kier alpha value is -2.21. The third kappa shape index (κ3) is 4.72. The van der Waals surface area contributed by atoms with Crippen molar-refractivity contribution in [3.63, 3.8) is 0 Å². The zero-order valence-corrected chi connectivity index (χ0v) is 19.5. The molecule has 1 unspecified atom stereocenters. The molecule has 3 fully saturated rings.